The summed E-state index contributed by atoms with van der Waals surface area (Å²) in [6.07, 6.45) is 7.49. The van der Waals surface area contributed by atoms with Crippen molar-refractivity contribution in [2.24, 2.45) is 0 Å². The molecule has 1 aliphatic heterocycles. The number of aryl methyl sites for hydroxylation is 2. The molecule has 0 radical (unpaired) electrons. The molecule has 3 aromatic rings. The van der Waals surface area contributed by atoms with E-state index in [0.717, 1.165) is 41.8 Å². The molecule has 0 aromatic carbocycles. The van der Waals surface area contributed by atoms with Gasteiger partial charge in [0, 0.05) is 37.1 Å². The van der Waals surface area contributed by atoms with Crippen LogP contribution in [0.25, 0.3) is 10.6 Å². The normalized spacial score (nSPS) is 14.8. The third-order valence-electron chi connectivity index (χ3n) is 3.83. The van der Waals surface area contributed by atoms with E-state index in [0.29, 0.717) is 0 Å². The summed E-state index contributed by atoms with van der Waals surface area (Å²) in [5.41, 5.74) is 0.925. The van der Waals surface area contributed by atoms with Gasteiger partial charge < -0.3 is 4.90 Å². The van der Waals surface area contributed by atoms with Gasteiger partial charge in [0.25, 0.3) is 0 Å². The first-order valence-electron chi connectivity index (χ1n) is 7.52. The van der Waals surface area contributed by atoms with E-state index < -0.39 is 0 Å². The van der Waals surface area contributed by atoms with E-state index in [2.05, 4.69) is 37.7 Å². The number of thiophene rings is 1. The summed E-state index contributed by atoms with van der Waals surface area (Å²) < 4.78 is 1.92. The highest BCUT2D eigenvalue weighted by molar-refractivity contribution is 7.18. The lowest BCUT2D eigenvalue weighted by Gasteiger charge is -2.11. The Kier molecular flexibility index (Phi) is 3.90. The number of nitrogens with zero attached hydrogens (tertiary/aromatic N) is 5. The average Bonchev–Trinajstić information content (AvgIpc) is 3.33. The molecule has 0 unspecified atom stereocenters. The lowest BCUT2D eigenvalue weighted by atomic mass is 10.3. The highest BCUT2D eigenvalue weighted by Gasteiger charge is 2.17. The number of hydrogen-bond acceptors (Lipinski definition) is 6. The van der Waals surface area contributed by atoms with Crippen molar-refractivity contribution in [1.29, 1.82) is 0 Å². The average molecular weight is 331 g/mol. The summed E-state index contributed by atoms with van der Waals surface area (Å²) in [5, 5.41) is 11.8. The first-order chi connectivity index (χ1) is 10.9. The second-order valence-corrected chi connectivity index (χ2v) is 7.44. The fourth-order valence-electron chi connectivity index (χ4n) is 2.64. The summed E-state index contributed by atoms with van der Waals surface area (Å²) in [5.74, 6) is 0. The predicted octanol–water partition coefficient (Wildman–Crippen LogP) is 3.31. The van der Waals surface area contributed by atoms with Crippen LogP contribution in [-0.4, -0.2) is 33.1 Å². The van der Waals surface area contributed by atoms with Crippen molar-refractivity contribution in [2.75, 3.05) is 18.0 Å². The van der Waals surface area contributed by atoms with Gasteiger partial charge in [-0.3, -0.25) is 4.68 Å². The highest BCUT2D eigenvalue weighted by atomic mass is 32.1. The van der Waals surface area contributed by atoms with E-state index in [1.165, 1.54) is 17.7 Å². The maximum absolute atomic E-state index is 4.54. The van der Waals surface area contributed by atoms with Crippen LogP contribution >= 0.6 is 22.7 Å². The maximum Gasteiger partial charge on any atom is 0.185 e. The zero-order valence-corrected chi connectivity index (χ0v) is 13.8. The zero-order valence-electron chi connectivity index (χ0n) is 12.2. The molecular formula is C15H17N5S2. The molecule has 4 heterocycles. The van der Waals surface area contributed by atoms with E-state index in [4.69, 9.17) is 0 Å². The largest absolute Gasteiger partial charge is 0.348 e. The number of aromatic nitrogens is 4. The second kappa shape index (κ2) is 6.18. The predicted molar refractivity (Wildman–Crippen MR) is 90.6 cm³/mol. The van der Waals surface area contributed by atoms with Gasteiger partial charge in [0.05, 0.1) is 11.1 Å². The van der Waals surface area contributed by atoms with Crippen molar-refractivity contribution < 1.29 is 0 Å². The molecule has 7 heteroatoms. The van der Waals surface area contributed by atoms with Crippen LogP contribution in [0, 0.1) is 0 Å². The van der Waals surface area contributed by atoms with Crippen LogP contribution in [0.4, 0.5) is 5.13 Å². The van der Waals surface area contributed by atoms with Crippen molar-refractivity contribution in [3.63, 3.8) is 0 Å². The molecule has 1 aliphatic rings. The maximum atomic E-state index is 4.54. The van der Waals surface area contributed by atoms with Crippen LogP contribution < -0.4 is 4.90 Å². The summed E-state index contributed by atoms with van der Waals surface area (Å²) in [6.45, 7) is 3.12. The SMILES string of the molecule is c1csc(CCn2cc(-c3cnc(N4CCCC4)s3)nn2)c1. The topological polar surface area (TPSA) is 46.8 Å². The van der Waals surface area contributed by atoms with Gasteiger partial charge in [-0.05, 0) is 24.3 Å². The smallest absolute Gasteiger partial charge is 0.185 e. The first-order valence-corrected chi connectivity index (χ1v) is 9.22. The zero-order chi connectivity index (χ0) is 14.8. The number of thiazole rings is 1. The van der Waals surface area contributed by atoms with Gasteiger partial charge in [0.2, 0.25) is 0 Å². The van der Waals surface area contributed by atoms with Gasteiger partial charge in [-0.1, -0.05) is 22.6 Å². The van der Waals surface area contributed by atoms with Crippen molar-refractivity contribution in [2.45, 2.75) is 25.8 Å². The van der Waals surface area contributed by atoms with E-state index in [9.17, 15) is 0 Å². The molecule has 0 amide bonds. The van der Waals surface area contributed by atoms with Crippen LogP contribution in [0.15, 0.2) is 29.9 Å². The second-order valence-electron chi connectivity index (χ2n) is 5.40. The van der Waals surface area contributed by atoms with E-state index in [1.54, 1.807) is 22.7 Å². The first kappa shape index (κ1) is 13.9. The Morgan fingerprint density at radius 1 is 1.23 bits per heavy atom. The third kappa shape index (κ3) is 2.91. The molecule has 114 valence electrons. The van der Waals surface area contributed by atoms with Crippen LogP contribution in [0.2, 0.25) is 0 Å². The Balaban J connectivity index is 1.44. The van der Waals surface area contributed by atoms with Crippen LogP contribution in [0.3, 0.4) is 0 Å². The quantitative estimate of drug-likeness (QED) is 0.720. The molecule has 0 saturated carbocycles. The summed E-state index contributed by atoms with van der Waals surface area (Å²) in [4.78, 5) is 9.38. The minimum atomic E-state index is 0.866. The summed E-state index contributed by atoms with van der Waals surface area (Å²) in [6, 6.07) is 4.25. The van der Waals surface area contributed by atoms with Gasteiger partial charge >= 0.3 is 0 Å². The molecule has 1 saturated heterocycles. The molecule has 4 rings (SSSR count). The number of hydrogen-bond donors (Lipinski definition) is 0. The van der Waals surface area contributed by atoms with E-state index >= 15 is 0 Å². The lowest BCUT2D eigenvalue weighted by Crippen LogP contribution is -2.16. The molecule has 22 heavy (non-hydrogen) atoms. The molecule has 0 spiro atoms. The Hall–Kier alpha value is -1.73. The Morgan fingerprint density at radius 3 is 2.95 bits per heavy atom. The van der Waals surface area contributed by atoms with Gasteiger partial charge in [-0.2, -0.15) is 0 Å². The Morgan fingerprint density at radius 2 is 2.14 bits per heavy atom. The van der Waals surface area contributed by atoms with Crippen LogP contribution in [-0.2, 0) is 13.0 Å². The van der Waals surface area contributed by atoms with Crippen molar-refractivity contribution >= 4 is 27.8 Å². The van der Waals surface area contributed by atoms with E-state index in [1.807, 2.05) is 17.1 Å². The molecule has 1 fully saturated rings. The Labute approximate surface area is 137 Å². The number of anilines is 1. The Bertz CT molecular complexity index is 725. The minimum Gasteiger partial charge on any atom is -0.348 e. The number of rotatable bonds is 5. The van der Waals surface area contributed by atoms with Crippen LogP contribution in [0.1, 0.15) is 17.7 Å². The fraction of sp³-hybridized carbons (Fsp3) is 0.400. The molecule has 5 nitrogen and oxygen atoms in total. The monoisotopic (exact) mass is 331 g/mol. The van der Waals surface area contributed by atoms with Gasteiger partial charge in [0.15, 0.2) is 5.13 Å². The fourth-order valence-corrected chi connectivity index (χ4v) is 4.25. The molecule has 3 aromatic heterocycles. The summed E-state index contributed by atoms with van der Waals surface area (Å²) in [7, 11) is 0. The molecule has 0 aliphatic carbocycles. The van der Waals surface area contributed by atoms with Crippen molar-refractivity contribution in [3.05, 3.63) is 34.8 Å². The molecule has 0 N–H and O–H groups in total. The van der Waals surface area contributed by atoms with Crippen molar-refractivity contribution in [1.82, 2.24) is 20.0 Å². The standard InChI is InChI=1S/C15H17N5S2/c1-2-7-19(6-1)15-16-10-14(22-15)13-11-20(18-17-13)8-5-12-4-3-9-21-12/h3-4,9-11H,1-2,5-8H2. The van der Waals surface area contributed by atoms with Gasteiger partial charge in [0.1, 0.15) is 5.69 Å². The lowest BCUT2D eigenvalue weighted by molar-refractivity contribution is 0.592. The molecule has 0 atom stereocenters. The van der Waals surface area contributed by atoms with Crippen LogP contribution in [0.5, 0.6) is 0 Å². The molecular weight excluding hydrogens is 314 g/mol. The van der Waals surface area contributed by atoms with Gasteiger partial charge in [-0.25, -0.2) is 4.98 Å². The molecule has 0 bridgehead atoms. The minimum absolute atomic E-state index is 0.866. The van der Waals surface area contributed by atoms with E-state index in [-0.39, 0.29) is 0 Å². The van der Waals surface area contributed by atoms with Gasteiger partial charge in [-0.15, -0.1) is 16.4 Å². The summed E-state index contributed by atoms with van der Waals surface area (Å²) >= 11 is 3.50. The van der Waals surface area contributed by atoms with Crippen molar-refractivity contribution in [3.8, 4) is 10.6 Å². The third-order valence-corrected chi connectivity index (χ3v) is 5.85. The highest BCUT2D eigenvalue weighted by Crippen LogP contribution is 2.31.